The maximum atomic E-state index is 12.4. The van der Waals surface area contributed by atoms with E-state index in [4.69, 9.17) is 0 Å². The summed E-state index contributed by atoms with van der Waals surface area (Å²) in [4.78, 5) is 11.5. The van der Waals surface area contributed by atoms with Gasteiger partial charge in [0.1, 0.15) is 0 Å². The highest BCUT2D eigenvalue weighted by molar-refractivity contribution is 7.92. The summed E-state index contributed by atoms with van der Waals surface area (Å²) < 4.78 is 28.3. The first kappa shape index (κ1) is 14.7. The second-order valence-electron chi connectivity index (χ2n) is 4.83. The van der Waals surface area contributed by atoms with Gasteiger partial charge in [-0.05, 0) is 38.5 Å². The van der Waals surface area contributed by atoms with Gasteiger partial charge in [0, 0.05) is 0 Å². The Morgan fingerprint density at radius 3 is 2.44 bits per heavy atom. The smallest absolute Gasteiger partial charge is 0.307 e. The lowest BCUT2D eigenvalue weighted by Crippen LogP contribution is -2.35. The summed E-state index contributed by atoms with van der Waals surface area (Å²) in [6.45, 7) is 4.88. The van der Waals surface area contributed by atoms with Crippen LogP contribution < -0.4 is 0 Å². The standard InChI is InChI=1S/C13H18O4S/c1-10-6-5-7-11(8-10)18(15,16)13(2,3)9-12(14)17-4/h5-8H,9H2,1-4H3. The van der Waals surface area contributed by atoms with Crippen molar-refractivity contribution < 1.29 is 17.9 Å². The summed E-state index contributed by atoms with van der Waals surface area (Å²) in [6.07, 6.45) is -0.167. The highest BCUT2D eigenvalue weighted by Crippen LogP contribution is 2.29. The molecule has 1 rings (SSSR count). The van der Waals surface area contributed by atoms with Gasteiger partial charge in [-0.1, -0.05) is 12.1 Å². The molecular formula is C13H18O4S. The van der Waals surface area contributed by atoms with Gasteiger partial charge in [0.05, 0.1) is 23.2 Å². The Bertz CT molecular complexity index is 544. The average Bonchev–Trinajstić information content (AvgIpc) is 2.28. The predicted octanol–water partition coefficient (Wildman–Crippen LogP) is 2.11. The normalized spacial score (nSPS) is 12.2. The minimum absolute atomic E-state index is 0.167. The molecule has 0 radical (unpaired) electrons. The molecule has 0 fully saturated rings. The van der Waals surface area contributed by atoms with Gasteiger partial charge >= 0.3 is 5.97 Å². The number of ether oxygens (including phenoxy) is 1. The molecule has 0 heterocycles. The zero-order valence-corrected chi connectivity index (χ0v) is 11.9. The van der Waals surface area contributed by atoms with Gasteiger partial charge in [0.15, 0.2) is 9.84 Å². The monoisotopic (exact) mass is 270 g/mol. The van der Waals surface area contributed by atoms with Crippen LogP contribution in [0.1, 0.15) is 25.8 Å². The first-order valence-electron chi connectivity index (χ1n) is 5.59. The third-order valence-corrected chi connectivity index (χ3v) is 5.30. The molecule has 0 aromatic heterocycles. The number of benzene rings is 1. The SMILES string of the molecule is COC(=O)CC(C)(C)S(=O)(=O)c1cccc(C)c1. The van der Waals surface area contributed by atoms with Crippen molar-refractivity contribution in [3.63, 3.8) is 0 Å². The second kappa shape index (κ2) is 5.10. The third kappa shape index (κ3) is 2.90. The highest BCUT2D eigenvalue weighted by atomic mass is 32.2. The van der Waals surface area contributed by atoms with Gasteiger partial charge in [-0.15, -0.1) is 0 Å². The van der Waals surface area contributed by atoms with E-state index < -0.39 is 20.6 Å². The van der Waals surface area contributed by atoms with Crippen LogP contribution >= 0.6 is 0 Å². The van der Waals surface area contributed by atoms with E-state index in [0.29, 0.717) is 0 Å². The molecule has 0 bridgehead atoms. The quantitative estimate of drug-likeness (QED) is 0.786. The van der Waals surface area contributed by atoms with Gasteiger partial charge in [-0.3, -0.25) is 4.79 Å². The fourth-order valence-corrected chi connectivity index (χ4v) is 3.16. The summed E-state index contributed by atoms with van der Waals surface area (Å²) in [6, 6.07) is 6.67. The third-order valence-electron chi connectivity index (χ3n) is 2.83. The van der Waals surface area contributed by atoms with Crippen molar-refractivity contribution in [2.45, 2.75) is 36.8 Å². The van der Waals surface area contributed by atoms with E-state index in [1.54, 1.807) is 18.2 Å². The first-order valence-corrected chi connectivity index (χ1v) is 7.07. The lowest BCUT2D eigenvalue weighted by atomic mass is 10.1. The molecule has 1 aromatic carbocycles. The fourth-order valence-electron chi connectivity index (χ4n) is 1.62. The van der Waals surface area contributed by atoms with Crippen molar-refractivity contribution in [2.24, 2.45) is 0 Å². The zero-order chi connectivity index (χ0) is 14.0. The van der Waals surface area contributed by atoms with Gasteiger partial charge in [0.2, 0.25) is 0 Å². The molecule has 0 aliphatic rings. The zero-order valence-electron chi connectivity index (χ0n) is 11.1. The average molecular weight is 270 g/mol. The van der Waals surface area contributed by atoms with Crippen LogP contribution in [0.15, 0.2) is 29.2 Å². The Kier molecular flexibility index (Phi) is 4.16. The topological polar surface area (TPSA) is 60.4 Å². The lowest BCUT2D eigenvalue weighted by Gasteiger charge is -2.23. The van der Waals surface area contributed by atoms with Crippen LogP contribution in [0.3, 0.4) is 0 Å². The molecule has 0 aliphatic carbocycles. The van der Waals surface area contributed by atoms with Gasteiger partial charge in [-0.2, -0.15) is 0 Å². The number of hydrogen-bond acceptors (Lipinski definition) is 4. The molecule has 0 unspecified atom stereocenters. The molecule has 0 saturated heterocycles. The van der Waals surface area contributed by atoms with Gasteiger partial charge in [-0.25, -0.2) is 8.42 Å². The van der Waals surface area contributed by atoms with E-state index in [-0.39, 0.29) is 11.3 Å². The van der Waals surface area contributed by atoms with Crippen LogP contribution in [0.4, 0.5) is 0 Å². The molecular weight excluding hydrogens is 252 g/mol. The van der Waals surface area contributed by atoms with Gasteiger partial charge in [0.25, 0.3) is 0 Å². The second-order valence-corrected chi connectivity index (χ2v) is 7.42. The van der Waals surface area contributed by atoms with E-state index in [2.05, 4.69) is 4.74 Å². The maximum Gasteiger partial charge on any atom is 0.307 e. The Labute approximate surface area is 108 Å². The molecule has 0 aliphatic heterocycles. The molecule has 0 spiro atoms. The van der Waals surface area contributed by atoms with E-state index in [0.717, 1.165) is 5.56 Å². The largest absolute Gasteiger partial charge is 0.469 e. The van der Waals surface area contributed by atoms with Crippen LogP contribution in [-0.4, -0.2) is 26.2 Å². The number of hydrogen-bond donors (Lipinski definition) is 0. The summed E-state index contributed by atoms with van der Waals surface area (Å²) in [7, 11) is -2.32. The molecule has 0 saturated carbocycles. The summed E-state index contributed by atoms with van der Waals surface area (Å²) in [5, 5.41) is 0. The van der Waals surface area contributed by atoms with Crippen molar-refractivity contribution in [2.75, 3.05) is 7.11 Å². The van der Waals surface area contributed by atoms with Crippen molar-refractivity contribution >= 4 is 15.8 Å². The number of sulfone groups is 1. The lowest BCUT2D eigenvalue weighted by molar-refractivity contribution is -0.141. The molecule has 0 N–H and O–H groups in total. The van der Waals surface area contributed by atoms with Crippen molar-refractivity contribution in [1.82, 2.24) is 0 Å². The minimum atomic E-state index is -3.57. The minimum Gasteiger partial charge on any atom is -0.469 e. The molecule has 1 aromatic rings. The highest BCUT2D eigenvalue weighted by Gasteiger charge is 2.38. The van der Waals surface area contributed by atoms with Crippen LogP contribution in [-0.2, 0) is 19.4 Å². The Balaban J connectivity index is 3.17. The van der Waals surface area contributed by atoms with Crippen molar-refractivity contribution in [1.29, 1.82) is 0 Å². The van der Waals surface area contributed by atoms with Crippen LogP contribution in [0.2, 0.25) is 0 Å². The number of carbonyl (C=O) groups excluding carboxylic acids is 1. The Morgan fingerprint density at radius 2 is 1.94 bits per heavy atom. The molecule has 0 atom stereocenters. The van der Waals surface area contributed by atoms with Gasteiger partial charge < -0.3 is 4.74 Å². The van der Waals surface area contributed by atoms with E-state index >= 15 is 0 Å². The summed E-state index contributed by atoms with van der Waals surface area (Å²) in [5.74, 6) is -0.531. The van der Waals surface area contributed by atoms with E-state index in [9.17, 15) is 13.2 Å². The molecule has 4 nitrogen and oxygen atoms in total. The molecule has 18 heavy (non-hydrogen) atoms. The molecule has 5 heteroatoms. The fraction of sp³-hybridized carbons (Fsp3) is 0.462. The number of carbonyl (C=O) groups is 1. The molecule has 0 amide bonds. The van der Waals surface area contributed by atoms with Crippen LogP contribution in [0, 0.1) is 6.92 Å². The van der Waals surface area contributed by atoms with Crippen molar-refractivity contribution in [3.8, 4) is 0 Å². The van der Waals surface area contributed by atoms with Crippen LogP contribution in [0.25, 0.3) is 0 Å². The summed E-state index contributed by atoms with van der Waals surface area (Å²) in [5.41, 5.74) is 0.866. The van der Waals surface area contributed by atoms with Crippen molar-refractivity contribution in [3.05, 3.63) is 29.8 Å². The number of esters is 1. The Morgan fingerprint density at radius 1 is 1.33 bits per heavy atom. The number of aryl methyl sites for hydroxylation is 1. The summed E-state index contributed by atoms with van der Waals surface area (Å²) >= 11 is 0. The van der Waals surface area contributed by atoms with Crippen LogP contribution in [0.5, 0.6) is 0 Å². The maximum absolute atomic E-state index is 12.4. The Hall–Kier alpha value is -1.36. The predicted molar refractivity (Wildman–Crippen MR) is 69.1 cm³/mol. The van der Waals surface area contributed by atoms with E-state index in [1.165, 1.54) is 21.0 Å². The first-order chi connectivity index (χ1) is 8.20. The molecule has 100 valence electrons. The number of methoxy groups -OCH3 is 1. The number of rotatable bonds is 4. The van der Waals surface area contributed by atoms with E-state index in [1.807, 2.05) is 13.0 Å².